The van der Waals surface area contributed by atoms with Crippen LogP contribution in [0.5, 0.6) is 17.2 Å². The van der Waals surface area contributed by atoms with Crippen LogP contribution in [-0.4, -0.2) is 60.1 Å². The van der Waals surface area contributed by atoms with Crippen LogP contribution in [0.15, 0.2) is 42.5 Å². The largest absolute Gasteiger partial charge is 0.497 e. The summed E-state index contributed by atoms with van der Waals surface area (Å²) in [6.45, 7) is 4.79. The number of rotatable bonds is 11. The van der Waals surface area contributed by atoms with E-state index in [9.17, 15) is 19.5 Å². The van der Waals surface area contributed by atoms with Crippen molar-refractivity contribution in [1.29, 1.82) is 0 Å². The maximum atomic E-state index is 13.1. The number of aliphatic carboxylic acids is 1. The van der Waals surface area contributed by atoms with E-state index in [0.29, 0.717) is 36.6 Å². The molecule has 1 fully saturated rings. The Labute approximate surface area is 193 Å². The van der Waals surface area contributed by atoms with Crippen LogP contribution >= 0.6 is 0 Å². The van der Waals surface area contributed by atoms with E-state index < -0.39 is 11.6 Å². The lowest BCUT2D eigenvalue weighted by Gasteiger charge is -2.23. The molecule has 0 unspecified atom stereocenters. The minimum Gasteiger partial charge on any atom is -0.497 e. The van der Waals surface area contributed by atoms with E-state index in [2.05, 4.69) is 0 Å². The van der Waals surface area contributed by atoms with E-state index in [4.69, 9.17) is 14.2 Å². The summed E-state index contributed by atoms with van der Waals surface area (Å²) in [7, 11) is 1.48. The number of hydrogen-bond acceptors (Lipinski definition) is 6. The number of carbonyl (C=O) groups excluding carboxylic acids is 2. The van der Waals surface area contributed by atoms with Gasteiger partial charge in [0.1, 0.15) is 17.2 Å². The second-order valence-corrected chi connectivity index (χ2v) is 8.32. The highest BCUT2D eigenvalue weighted by Gasteiger charge is 2.31. The third-order valence-electron chi connectivity index (χ3n) is 5.44. The van der Waals surface area contributed by atoms with Gasteiger partial charge in [0.25, 0.3) is 0 Å². The van der Waals surface area contributed by atoms with Gasteiger partial charge in [0, 0.05) is 31.1 Å². The second-order valence-electron chi connectivity index (χ2n) is 8.32. The molecule has 1 amide bonds. The van der Waals surface area contributed by atoms with Crippen LogP contribution in [0.25, 0.3) is 0 Å². The molecule has 0 atom stereocenters. The summed E-state index contributed by atoms with van der Waals surface area (Å²) in [6, 6.07) is 11.4. The molecule has 1 aliphatic heterocycles. The number of hydrogen-bond donors (Lipinski definition) is 1. The summed E-state index contributed by atoms with van der Waals surface area (Å²) < 4.78 is 16.6. The first-order chi connectivity index (χ1) is 15.7. The highest BCUT2D eigenvalue weighted by atomic mass is 16.5. The Morgan fingerprint density at radius 2 is 1.79 bits per heavy atom. The third-order valence-corrected chi connectivity index (χ3v) is 5.44. The minimum atomic E-state index is -1.53. The minimum absolute atomic E-state index is 0.128. The Hall–Kier alpha value is -3.55. The van der Waals surface area contributed by atoms with Crippen LogP contribution in [0.2, 0.25) is 0 Å². The number of carbonyl (C=O) groups is 3. The van der Waals surface area contributed by atoms with Crippen LogP contribution < -0.4 is 14.2 Å². The molecule has 0 spiro atoms. The molecule has 33 heavy (non-hydrogen) atoms. The lowest BCUT2D eigenvalue weighted by Crippen LogP contribution is -2.38. The van der Waals surface area contributed by atoms with E-state index >= 15 is 0 Å². The quantitative estimate of drug-likeness (QED) is 0.408. The van der Waals surface area contributed by atoms with E-state index in [1.165, 1.54) is 27.0 Å². The molecule has 176 valence electrons. The van der Waals surface area contributed by atoms with Gasteiger partial charge in [-0.3, -0.25) is 9.59 Å². The zero-order valence-electron chi connectivity index (χ0n) is 19.1. The van der Waals surface area contributed by atoms with E-state index in [1.807, 2.05) is 4.90 Å². The lowest BCUT2D eigenvalue weighted by molar-refractivity contribution is -0.152. The fraction of sp³-hybridized carbons (Fsp3) is 0.400. The molecule has 8 heteroatoms. The molecule has 1 N–H and O–H groups in total. The lowest BCUT2D eigenvalue weighted by atomic mass is 10.0. The van der Waals surface area contributed by atoms with Crippen molar-refractivity contribution in [3.8, 4) is 17.2 Å². The normalized spacial score (nSPS) is 13.7. The van der Waals surface area contributed by atoms with Crippen molar-refractivity contribution >= 4 is 17.7 Å². The molecule has 2 aromatic rings. The average molecular weight is 456 g/mol. The van der Waals surface area contributed by atoms with Gasteiger partial charge in [-0.05, 0) is 63.1 Å². The molecule has 3 rings (SSSR count). The summed E-state index contributed by atoms with van der Waals surface area (Å²) in [5.74, 6) is -0.0677. The molecule has 0 aliphatic carbocycles. The van der Waals surface area contributed by atoms with Gasteiger partial charge in [0.2, 0.25) is 5.91 Å². The number of benzene rings is 2. The van der Waals surface area contributed by atoms with E-state index in [0.717, 1.165) is 19.4 Å². The first-order valence-electron chi connectivity index (χ1n) is 10.9. The number of ketones is 1. The van der Waals surface area contributed by atoms with Crippen molar-refractivity contribution in [2.75, 3.05) is 26.8 Å². The molecule has 0 radical (unpaired) electrons. The molecular weight excluding hydrogens is 426 g/mol. The van der Waals surface area contributed by atoms with Gasteiger partial charge >= 0.3 is 5.97 Å². The average Bonchev–Trinajstić information content (AvgIpc) is 3.20. The van der Waals surface area contributed by atoms with Crippen molar-refractivity contribution in [2.24, 2.45) is 0 Å². The fourth-order valence-corrected chi connectivity index (χ4v) is 3.46. The van der Waals surface area contributed by atoms with Crippen LogP contribution in [-0.2, 0) is 9.59 Å². The van der Waals surface area contributed by atoms with Crippen LogP contribution in [0, 0.1) is 0 Å². The molecular formula is C25H29NO7. The predicted molar refractivity (Wildman–Crippen MR) is 121 cm³/mol. The highest BCUT2D eigenvalue weighted by molar-refractivity contribution is 6.11. The van der Waals surface area contributed by atoms with Gasteiger partial charge in [-0.25, -0.2) is 4.79 Å². The number of carboxylic acid groups (broad SMARTS) is 1. The van der Waals surface area contributed by atoms with Crippen molar-refractivity contribution in [1.82, 2.24) is 4.90 Å². The third kappa shape index (κ3) is 6.03. The van der Waals surface area contributed by atoms with Gasteiger partial charge in [-0.2, -0.15) is 0 Å². The zero-order valence-corrected chi connectivity index (χ0v) is 19.1. The molecule has 0 bridgehead atoms. The first-order valence-corrected chi connectivity index (χ1v) is 10.9. The molecule has 1 saturated heterocycles. The smallest absolute Gasteiger partial charge is 0.347 e. The number of methoxy groups -OCH3 is 1. The fourth-order valence-electron chi connectivity index (χ4n) is 3.46. The number of likely N-dealkylation sites (tertiary alicyclic amines) is 1. The predicted octanol–water partition coefficient (Wildman–Crippen LogP) is 3.56. The zero-order chi connectivity index (χ0) is 24.0. The topological polar surface area (TPSA) is 102 Å². The Bertz CT molecular complexity index is 1010. The number of ether oxygens (including phenoxy) is 3. The van der Waals surface area contributed by atoms with Crippen LogP contribution in [0.1, 0.15) is 49.0 Å². The monoisotopic (exact) mass is 455 g/mol. The first kappa shape index (κ1) is 24.1. The van der Waals surface area contributed by atoms with Crippen molar-refractivity contribution in [2.45, 2.75) is 38.7 Å². The Morgan fingerprint density at radius 1 is 1.09 bits per heavy atom. The molecule has 1 aliphatic rings. The standard InChI is InChI=1S/C25H29NO7/c1-25(2,24(29)30)33-21-16-19(31-3)11-12-20(21)23(28)17-7-9-18(10-8-17)32-15-5-14-26-13-4-6-22(26)27/h7-12,16H,4-6,13-15H2,1-3H3,(H,29,30). The summed E-state index contributed by atoms with van der Waals surface area (Å²) in [5, 5.41) is 9.40. The van der Waals surface area contributed by atoms with E-state index in [-0.39, 0.29) is 23.0 Å². The SMILES string of the molecule is COc1ccc(C(=O)c2ccc(OCCCN3CCCC3=O)cc2)c(OC(C)(C)C(=O)O)c1. The highest BCUT2D eigenvalue weighted by Crippen LogP contribution is 2.30. The van der Waals surface area contributed by atoms with E-state index in [1.54, 1.807) is 36.4 Å². The van der Waals surface area contributed by atoms with Crippen molar-refractivity contribution in [3.63, 3.8) is 0 Å². The van der Waals surface area contributed by atoms with Crippen molar-refractivity contribution in [3.05, 3.63) is 53.6 Å². The van der Waals surface area contributed by atoms with Gasteiger partial charge < -0.3 is 24.2 Å². The molecule has 0 saturated carbocycles. The van der Waals surface area contributed by atoms with Gasteiger partial charge in [-0.15, -0.1) is 0 Å². The summed E-state index contributed by atoms with van der Waals surface area (Å²) >= 11 is 0. The Morgan fingerprint density at radius 3 is 2.39 bits per heavy atom. The van der Waals surface area contributed by atoms with Crippen molar-refractivity contribution < 1.29 is 33.7 Å². The summed E-state index contributed by atoms with van der Waals surface area (Å²) in [4.78, 5) is 38.1. The molecule has 0 aromatic heterocycles. The van der Waals surface area contributed by atoms with Crippen LogP contribution in [0.3, 0.4) is 0 Å². The Balaban J connectivity index is 1.66. The number of carboxylic acids is 1. The maximum absolute atomic E-state index is 13.1. The number of amides is 1. The number of nitrogens with zero attached hydrogens (tertiary/aromatic N) is 1. The Kier molecular flexibility index (Phi) is 7.58. The van der Waals surface area contributed by atoms with Gasteiger partial charge in [0.05, 0.1) is 19.3 Å². The summed E-state index contributed by atoms with van der Waals surface area (Å²) in [5.41, 5.74) is -0.888. The summed E-state index contributed by atoms with van der Waals surface area (Å²) in [6.07, 6.45) is 2.29. The van der Waals surface area contributed by atoms with Crippen LogP contribution in [0.4, 0.5) is 0 Å². The molecule has 8 nitrogen and oxygen atoms in total. The van der Waals surface area contributed by atoms with Gasteiger partial charge in [-0.1, -0.05) is 0 Å². The maximum Gasteiger partial charge on any atom is 0.347 e. The molecule has 2 aromatic carbocycles. The molecule has 1 heterocycles. The second kappa shape index (κ2) is 10.4. The van der Waals surface area contributed by atoms with Gasteiger partial charge in [0.15, 0.2) is 11.4 Å².